The van der Waals surface area contributed by atoms with Crippen molar-refractivity contribution in [2.75, 3.05) is 14.2 Å². The van der Waals surface area contributed by atoms with Crippen LogP contribution in [0, 0.1) is 12.7 Å². The minimum absolute atomic E-state index is 0.0339. The van der Waals surface area contributed by atoms with Crippen molar-refractivity contribution in [1.82, 2.24) is 19.6 Å². The van der Waals surface area contributed by atoms with Crippen molar-refractivity contribution in [2.45, 2.75) is 13.5 Å². The molecule has 2 heterocycles. The van der Waals surface area contributed by atoms with Crippen molar-refractivity contribution in [1.29, 1.82) is 0 Å². The summed E-state index contributed by atoms with van der Waals surface area (Å²) in [5.74, 6) is -1.36. The Balaban J connectivity index is 0.000000223. The molecule has 0 spiro atoms. The zero-order valence-corrected chi connectivity index (χ0v) is 15.0. The van der Waals surface area contributed by atoms with Gasteiger partial charge in [-0.2, -0.15) is 14.6 Å². The van der Waals surface area contributed by atoms with E-state index in [1.165, 1.54) is 37.2 Å². The largest absolute Gasteiger partial charge is 0.464 e. The molecule has 0 saturated heterocycles. The average molecular weight is 375 g/mol. The van der Waals surface area contributed by atoms with E-state index in [1.807, 2.05) is 0 Å². The van der Waals surface area contributed by atoms with Gasteiger partial charge in [0.2, 0.25) is 0 Å². The molecule has 0 aliphatic carbocycles. The van der Waals surface area contributed by atoms with E-state index in [9.17, 15) is 14.0 Å². The standard InChI is InChI=1S/C9H8N4O4.C8H10FN/c1-16-7(14)5-3-6(8(15)17-2)13-9(12-5)10-4-11-13;1-6-4-7(5-10)2-3-8(6)9/h3-4H,1-2H3;2-4H,5,10H2,1H3. The molecule has 10 heteroatoms. The normalized spacial score (nSPS) is 10.1. The van der Waals surface area contributed by atoms with Crippen LogP contribution in [0.4, 0.5) is 4.39 Å². The number of nitrogens with zero attached hydrogens (tertiary/aromatic N) is 4. The zero-order valence-electron chi connectivity index (χ0n) is 15.0. The van der Waals surface area contributed by atoms with Crippen LogP contribution in [0.3, 0.4) is 0 Å². The Morgan fingerprint density at radius 3 is 2.48 bits per heavy atom. The summed E-state index contributed by atoms with van der Waals surface area (Å²) in [4.78, 5) is 30.5. The third-order valence-electron chi connectivity index (χ3n) is 3.50. The highest BCUT2D eigenvalue weighted by Gasteiger charge is 2.18. The first-order valence-corrected chi connectivity index (χ1v) is 7.73. The van der Waals surface area contributed by atoms with E-state index in [2.05, 4.69) is 24.5 Å². The second kappa shape index (κ2) is 8.81. The van der Waals surface area contributed by atoms with Crippen LogP contribution in [0.2, 0.25) is 0 Å². The summed E-state index contributed by atoms with van der Waals surface area (Å²) in [6.07, 6.45) is 1.22. The Morgan fingerprint density at radius 1 is 1.19 bits per heavy atom. The Kier molecular flexibility index (Phi) is 6.50. The molecule has 0 bridgehead atoms. The molecule has 27 heavy (non-hydrogen) atoms. The summed E-state index contributed by atoms with van der Waals surface area (Å²) in [5, 5.41) is 3.80. The van der Waals surface area contributed by atoms with E-state index < -0.39 is 11.9 Å². The van der Waals surface area contributed by atoms with E-state index in [1.54, 1.807) is 19.1 Å². The van der Waals surface area contributed by atoms with Gasteiger partial charge in [-0.3, -0.25) is 0 Å². The summed E-state index contributed by atoms with van der Waals surface area (Å²) in [5.41, 5.74) is 6.99. The number of aryl methyl sites for hydroxylation is 1. The fourth-order valence-electron chi connectivity index (χ4n) is 2.11. The van der Waals surface area contributed by atoms with Gasteiger partial charge in [0.15, 0.2) is 11.4 Å². The summed E-state index contributed by atoms with van der Waals surface area (Å²) in [7, 11) is 2.44. The van der Waals surface area contributed by atoms with Gasteiger partial charge in [-0.25, -0.2) is 19.0 Å². The number of halogens is 1. The molecule has 0 aliphatic rings. The third-order valence-corrected chi connectivity index (χ3v) is 3.50. The van der Waals surface area contributed by atoms with Crippen LogP contribution in [-0.2, 0) is 16.0 Å². The van der Waals surface area contributed by atoms with E-state index in [4.69, 9.17) is 5.73 Å². The van der Waals surface area contributed by atoms with Gasteiger partial charge in [-0.05, 0) is 24.1 Å². The molecule has 3 aromatic rings. The second-order valence-electron chi connectivity index (χ2n) is 5.27. The molecule has 0 fully saturated rings. The molecule has 0 radical (unpaired) electrons. The Bertz CT molecular complexity index is 973. The van der Waals surface area contributed by atoms with Crippen molar-refractivity contribution in [3.63, 3.8) is 0 Å². The average Bonchev–Trinajstić information content (AvgIpc) is 3.17. The number of aromatic nitrogens is 4. The molecule has 0 unspecified atom stereocenters. The van der Waals surface area contributed by atoms with Gasteiger partial charge in [0, 0.05) is 12.6 Å². The first-order chi connectivity index (χ1) is 12.9. The molecular weight excluding hydrogens is 357 g/mol. The van der Waals surface area contributed by atoms with E-state index in [0.717, 1.165) is 5.56 Å². The summed E-state index contributed by atoms with van der Waals surface area (Å²) >= 11 is 0. The van der Waals surface area contributed by atoms with E-state index >= 15 is 0 Å². The Morgan fingerprint density at radius 2 is 1.89 bits per heavy atom. The maximum atomic E-state index is 12.6. The maximum absolute atomic E-state index is 12.6. The summed E-state index contributed by atoms with van der Waals surface area (Å²) in [6, 6.07) is 6.13. The molecular formula is C17H18FN5O4. The van der Waals surface area contributed by atoms with Crippen LogP contribution in [0.15, 0.2) is 30.6 Å². The highest BCUT2D eigenvalue weighted by atomic mass is 19.1. The number of carbonyl (C=O) groups excluding carboxylic acids is 2. The smallest absolute Gasteiger partial charge is 0.356 e. The Hall–Kier alpha value is -3.40. The molecule has 2 N–H and O–H groups in total. The highest BCUT2D eigenvalue weighted by molar-refractivity contribution is 5.93. The topological polar surface area (TPSA) is 122 Å². The number of esters is 2. The molecule has 3 rings (SSSR count). The highest BCUT2D eigenvalue weighted by Crippen LogP contribution is 2.08. The Labute approximate surface area is 153 Å². The van der Waals surface area contributed by atoms with E-state index in [-0.39, 0.29) is 23.0 Å². The number of nitrogens with two attached hydrogens (primary N) is 1. The van der Waals surface area contributed by atoms with Gasteiger partial charge in [0.05, 0.1) is 14.2 Å². The fourth-order valence-corrected chi connectivity index (χ4v) is 2.11. The van der Waals surface area contributed by atoms with E-state index in [0.29, 0.717) is 12.1 Å². The van der Waals surface area contributed by atoms with Crippen LogP contribution >= 0.6 is 0 Å². The first-order valence-electron chi connectivity index (χ1n) is 7.73. The lowest BCUT2D eigenvalue weighted by atomic mass is 10.1. The quantitative estimate of drug-likeness (QED) is 0.680. The monoisotopic (exact) mass is 375 g/mol. The molecule has 0 aliphatic heterocycles. The molecule has 0 saturated carbocycles. The molecule has 2 aromatic heterocycles. The molecule has 9 nitrogen and oxygen atoms in total. The number of carbonyl (C=O) groups is 2. The van der Waals surface area contributed by atoms with Gasteiger partial charge in [0.1, 0.15) is 12.1 Å². The van der Waals surface area contributed by atoms with Crippen LogP contribution in [0.25, 0.3) is 5.78 Å². The van der Waals surface area contributed by atoms with Gasteiger partial charge < -0.3 is 15.2 Å². The van der Waals surface area contributed by atoms with Gasteiger partial charge in [0.25, 0.3) is 5.78 Å². The summed E-state index contributed by atoms with van der Waals surface area (Å²) in [6.45, 7) is 2.20. The third kappa shape index (κ3) is 4.61. The van der Waals surface area contributed by atoms with Gasteiger partial charge >= 0.3 is 11.9 Å². The SMILES string of the molecule is COC(=O)c1cc(C(=O)OC)n2ncnc2n1.Cc1cc(CN)ccc1F. The molecule has 0 amide bonds. The lowest BCUT2D eigenvalue weighted by Crippen LogP contribution is -2.14. The lowest BCUT2D eigenvalue weighted by molar-refractivity contribution is 0.0588. The number of rotatable bonds is 3. The van der Waals surface area contributed by atoms with Crippen molar-refractivity contribution < 1.29 is 23.5 Å². The van der Waals surface area contributed by atoms with Crippen LogP contribution < -0.4 is 5.73 Å². The van der Waals surface area contributed by atoms with Crippen LogP contribution in [-0.4, -0.2) is 45.7 Å². The fraction of sp³-hybridized carbons (Fsp3) is 0.235. The number of hydrogen-bond acceptors (Lipinski definition) is 8. The number of ether oxygens (including phenoxy) is 2. The zero-order chi connectivity index (χ0) is 20.0. The van der Waals surface area contributed by atoms with Crippen molar-refractivity contribution >= 4 is 17.7 Å². The summed E-state index contributed by atoms with van der Waals surface area (Å²) < 4.78 is 22.9. The van der Waals surface area contributed by atoms with Crippen LogP contribution in [0.1, 0.15) is 32.1 Å². The van der Waals surface area contributed by atoms with Crippen molar-refractivity contribution in [3.05, 3.63) is 58.9 Å². The van der Waals surface area contributed by atoms with Gasteiger partial charge in [-0.1, -0.05) is 12.1 Å². The first kappa shape index (κ1) is 19.9. The van der Waals surface area contributed by atoms with Gasteiger partial charge in [-0.15, -0.1) is 0 Å². The molecule has 1 aromatic carbocycles. The lowest BCUT2D eigenvalue weighted by Gasteiger charge is -2.03. The number of benzene rings is 1. The number of fused-ring (bicyclic) bond motifs is 1. The minimum Gasteiger partial charge on any atom is -0.464 e. The van der Waals surface area contributed by atoms with Crippen molar-refractivity contribution in [3.8, 4) is 0 Å². The minimum atomic E-state index is -0.666. The van der Waals surface area contributed by atoms with Crippen molar-refractivity contribution in [2.24, 2.45) is 5.73 Å². The maximum Gasteiger partial charge on any atom is 0.356 e. The molecule has 142 valence electrons. The predicted octanol–water partition coefficient (Wildman–Crippen LogP) is 1.29. The number of methoxy groups -OCH3 is 2. The number of hydrogen-bond donors (Lipinski definition) is 1. The van der Waals surface area contributed by atoms with Crippen LogP contribution in [0.5, 0.6) is 0 Å². The predicted molar refractivity (Wildman–Crippen MR) is 92.5 cm³/mol. The molecule has 0 atom stereocenters. The second-order valence-corrected chi connectivity index (χ2v) is 5.27.